The highest BCUT2D eigenvalue weighted by atomic mass is 32.1. The predicted octanol–water partition coefficient (Wildman–Crippen LogP) is 2.76. The third-order valence-electron chi connectivity index (χ3n) is 5.83. The third-order valence-corrected chi connectivity index (χ3v) is 7.22. The van der Waals surface area contributed by atoms with Crippen LogP contribution >= 0.6 is 11.3 Å². The highest BCUT2D eigenvalue weighted by Crippen LogP contribution is 2.53. The SMILES string of the molecule is C[C@H]1C[C@@]2(C[C@@H](C3=CN(C)NN3)N1C(=O)C(F)(F)F)OC[C@@H](O)c1cc(C(F)(F)F)sc12. The maximum atomic E-state index is 13.4. The average Bonchev–Trinajstić information content (AvgIpc) is 3.31. The number of hydrazine groups is 2. The molecular weight excluding hydrogens is 466 g/mol. The van der Waals surface area contributed by atoms with Gasteiger partial charge in [0.15, 0.2) is 0 Å². The Bertz CT molecular complexity index is 948. The molecule has 0 aliphatic carbocycles. The second-order valence-corrected chi connectivity index (χ2v) is 9.18. The summed E-state index contributed by atoms with van der Waals surface area (Å²) in [5, 5.41) is 11.7. The molecule has 0 aromatic carbocycles. The van der Waals surface area contributed by atoms with E-state index in [0.29, 0.717) is 16.2 Å². The number of nitrogens with one attached hydrogen (secondary N) is 2. The first kappa shape index (κ1) is 23.1. The number of hydrogen-bond donors (Lipinski definition) is 3. The first-order valence-corrected chi connectivity index (χ1v) is 10.4. The van der Waals surface area contributed by atoms with Gasteiger partial charge >= 0.3 is 18.3 Å². The lowest BCUT2D eigenvalue weighted by Gasteiger charge is -2.51. The summed E-state index contributed by atoms with van der Waals surface area (Å²) in [5.74, 6) is -2.04. The average molecular weight is 486 g/mol. The molecule has 1 aromatic heterocycles. The number of ether oxygens (including phenoxy) is 1. The van der Waals surface area contributed by atoms with E-state index in [-0.39, 0.29) is 35.6 Å². The topological polar surface area (TPSA) is 77.1 Å². The fraction of sp³-hybridized carbons (Fsp3) is 0.611. The lowest BCUT2D eigenvalue weighted by atomic mass is 9.77. The Morgan fingerprint density at radius 1 is 1.28 bits per heavy atom. The fourth-order valence-electron chi connectivity index (χ4n) is 4.57. The van der Waals surface area contributed by atoms with Crippen LogP contribution < -0.4 is 11.0 Å². The number of amides is 1. The molecule has 3 aliphatic rings. The van der Waals surface area contributed by atoms with Crippen molar-refractivity contribution in [2.75, 3.05) is 13.7 Å². The molecule has 32 heavy (non-hydrogen) atoms. The van der Waals surface area contributed by atoms with Crippen LogP contribution in [0.3, 0.4) is 0 Å². The molecule has 1 spiro atoms. The van der Waals surface area contributed by atoms with Gasteiger partial charge in [-0.3, -0.25) is 9.80 Å². The standard InChI is InChI=1S/C18H20F6N4O3S/c1-8-4-16(14-9(12(29)7-31-16)3-13(32-14)17(19,20)21)5-11(10-6-27(2)26-25-10)28(8)15(30)18(22,23)24/h3,6,8,11-12,25-26,29H,4-5,7H2,1-2H3/t8-,11-,12+,16-/m0/s1. The summed E-state index contributed by atoms with van der Waals surface area (Å²) >= 11 is 0.412. The molecule has 1 amide bonds. The van der Waals surface area contributed by atoms with Crippen LogP contribution in [0.15, 0.2) is 18.0 Å². The van der Waals surface area contributed by atoms with Gasteiger partial charge in [0.25, 0.3) is 0 Å². The van der Waals surface area contributed by atoms with Gasteiger partial charge in [-0.1, -0.05) is 0 Å². The molecule has 14 heteroatoms. The molecule has 1 aromatic rings. The Morgan fingerprint density at radius 3 is 2.53 bits per heavy atom. The van der Waals surface area contributed by atoms with Crippen LogP contribution in [0.4, 0.5) is 26.3 Å². The molecule has 0 unspecified atom stereocenters. The molecule has 4 heterocycles. The number of likely N-dealkylation sites (tertiary alicyclic amines) is 1. The predicted molar refractivity (Wildman–Crippen MR) is 99.4 cm³/mol. The smallest absolute Gasteiger partial charge is 0.386 e. The third kappa shape index (κ3) is 3.82. The van der Waals surface area contributed by atoms with Crippen molar-refractivity contribution in [2.45, 2.75) is 55.9 Å². The minimum absolute atomic E-state index is 0.0544. The number of rotatable bonds is 1. The van der Waals surface area contributed by atoms with Gasteiger partial charge in [-0.25, -0.2) is 0 Å². The van der Waals surface area contributed by atoms with E-state index in [0.717, 1.165) is 6.07 Å². The number of fused-ring (bicyclic) bond motifs is 2. The van der Waals surface area contributed by atoms with E-state index in [4.69, 9.17) is 4.74 Å². The summed E-state index contributed by atoms with van der Waals surface area (Å²) in [6.07, 6.45) is -9.98. The highest BCUT2D eigenvalue weighted by molar-refractivity contribution is 7.12. The van der Waals surface area contributed by atoms with Crippen molar-refractivity contribution in [2.24, 2.45) is 0 Å². The zero-order valence-corrected chi connectivity index (χ0v) is 17.7. The van der Waals surface area contributed by atoms with Crippen molar-refractivity contribution in [3.63, 3.8) is 0 Å². The fourth-order valence-corrected chi connectivity index (χ4v) is 5.81. The molecule has 3 aliphatic heterocycles. The van der Waals surface area contributed by atoms with Gasteiger partial charge in [0.05, 0.1) is 18.3 Å². The van der Waals surface area contributed by atoms with E-state index in [9.17, 15) is 36.2 Å². The largest absolute Gasteiger partial charge is 0.471 e. The zero-order chi connectivity index (χ0) is 23.6. The number of piperidine rings is 1. The van der Waals surface area contributed by atoms with Gasteiger partial charge in [0, 0.05) is 42.6 Å². The number of aliphatic hydroxyl groups is 1. The number of carbonyl (C=O) groups is 1. The van der Waals surface area contributed by atoms with E-state index < -0.39 is 46.9 Å². The molecule has 1 fully saturated rings. The molecule has 3 N–H and O–H groups in total. The summed E-state index contributed by atoms with van der Waals surface area (Å²) in [4.78, 5) is 12.2. The van der Waals surface area contributed by atoms with E-state index in [1.807, 2.05) is 0 Å². The molecule has 4 atom stereocenters. The van der Waals surface area contributed by atoms with Crippen LogP contribution in [0.5, 0.6) is 0 Å². The van der Waals surface area contributed by atoms with Crippen LogP contribution in [0.2, 0.25) is 0 Å². The molecule has 178 valence electrons. The van der Waals surface area contributed by atoms with Crippen LogP contribution in [-0.4, -0.2) is 52.8 Å². The summed E-state index contributed by atoms with van der Waals surface area (Å²) in [7, 11) is 1.58. The number of carbonyl (C=O) groups excluding carboxylic acids is 1. The maximum Gasteiger partial charge on any atom is 0.471 e. The Labute approximate surface area is 182 Å². The van der Waals surface area contributed by atoms with Crippen LogP contribution in [0.25, 0.3) is 0 Å². The minimum atomic E-state index is -5.13. The number of nitrogens with zero attached hydrogens (tertiary/aromatic N) is 2. The van der Waals surface area contributed by atoms with Crippen LogP contribution in [-0.2, 0) is 21.3 Å². The number of halogens is 6. The van der Waals surface area contributed by atoms with Crippen molar-refractivity contribution in [1.82, 2.24) is 20.9 Å². The first-order valence-electron chi connectivity index (χ1n) is 9.62. The monoisotopic (exact) mass is 486 g/mol. The molecular formula is C18H20F6N4O3S. The summed E-state index contributed by atoms with van der Waals surface area (Å²) in [6, 6.07) is -1.31. The first-order chi connectivity index (χ1) is 14.7. The zero-order valence-electron chi connectivity index (χ0n) is 16.8. The Hall–Kier alpha value is -2.03. The van der Waals surface area contributed by atoms with Gasteiger partial charge in [0.2, 0.25) is 0 Å². The molecule has 0 saturated carbocycles. The van der Waals surface area contributed by atoms with Crippen molar-refractivity contribution in [3.05, 3.63) is 33.3 Å². The Balaban J connectivity index is 1.80. The Kier molecular flexibility index (Phi) is 5.42. The normalized spacial score (nSPS) is 30.9. The Morgan fingerprint density at radius 2 is 1.97 bits per heavy atom. The van der Waals surface area contributed by atoms with Crippen molar-refractivity contribution >= 4 is 17.2 Å². The van der Waals surface area contributed by atoms with Crippen molar-refractivity contribution in [1.29, 1.82) is 0 Å². The van der Waals surface area contributed by atoms with Crippen LogP contribution in [0, 0.1) is 0 Å². The second-order valence-electron chi connectivity index (χ2n) is 8.13. The number of aliphatic hydroxyl groups excluding tert-OH is 1. The van der Waals surface area contributed by atoms with E-state index in [1.54, 1.807) is 7.05 Å². The van der Waals surface area contributed by atoms with Gasteiger partial charge in [-0.05, 0) is 13.0 Å². The summed E-state index contributed by atoms with van der Waals surface area (Å²) in [6.45, 7) is 1.09. The maximum absolute atomic E-state index is 13.4. The van der Waals surface area contributed by atoms with Gasteiger partial charge in [0.1, 0.15) is 16.6 Å². The highest BCUT2D eigenvalue weighted by Gasteiger charge is 2.56. The minimum Gasteiger partial charge on any atom is -0.386 e. The number of hydrogen-bond acceptors (Lipinski definition) is 7. The summed E-state index contributed by atoms with van der Waals surface area (Å²) < 4.78 is 86.1. The van der Waals surface area contributed by atoms with Gasteiger partial charge in [-0.15, -0.1) is 16.9 Å². The van der Waals surface area contributed by atoms with E-state index in [1.165, 1.54) is 18.1 Å². The quantitative estimate of drug-likeness (QED) is 0.531. The molecule has 1 saturated heterocycles. The number of thiophene rings is 1. The van der Waals surface area contributed by atoms with Gasteiger partial charge < -0.3 is 20.2 Å². The molecule has 4 rings (SSSR count). The van der Waals surface area contributed by atoms with E-state index in [2.05, 4.69) is 11.0 Å². The lowest BCUT2D eigenvalue weighted by molar-refractivity contribution is -0.201. The molecule has 0 bridgehead atoms. The molecule has 7 nitrogen and oxygen atoms in total. The van der Waals surface area contributed by atoms with Crippen LogP contribution in [0.1, 0.15) is 41.2 Å². The number of alkyl halides is 6. The van der Waals surface area contributed by atoms with Gasteiger partial charge in [-0.2, -0.15) is 26.3 Å². The lowest BCUT2D eigenvalue weighted by Crippen LogP contribution is -2.61. The van der Waals surface area contributed by atoms with E-state index >= 15 is 0 Å². The summed E-state index contributed by atoms with van der Waals surface area (Å²) in [5.41, 5.74) is 4.28. The molecule has 0 radical (unpaired) electrons. The van der Waals surface area contributed by atoms with Crippen molar-refractivity contribution in [3.8, 4) is 0 Å². The second kappa shape index (κ2) is 7.50. The van der Waals surface area contributed by atoms with Crippen molar-refractivity contribution < 1.29 is 41.0 Å².